The van der Waals surface area contributed by atoms with E-state index in [0.717, 1.165) is 37.6 Å². The van der Waals surface area contributed by atoms with Gasteiger partial charge in [-0.25, -0.2) is 0 Å². The lowest BCUT2D eigenvalue weighted by Crippen LogP contribution is -2.12. The van der Waals surface area contributed by atoms with Crippen molar-refractivity contribution in [1.82, 2.24) is 0 Å². The van der Waals surface area contributed by atoms with Crippen molar-refractivity contribution < 1.29 is 14.3 Å². The zero-order valence-electron chi connectivity index (χ0n) is 9.26. The van der Waals surface area contributed by atoms with Crippen molar-refractivity contribution in [3.63, 3.8) is 0 Å². The first-order chi connectivity index (χ1) is 7.22. The Hall–Kier alpha value is -0.0900. The van der Waals surface area contributed by atoms with E-state index < -0.39 is 0 Å². The first-order valence-electron chi connectivity index (χ1n) is 5.58. The van der Waals surface area contributed by atoms with Gasteiger partial charge in [0.05, 0.1) is 18.8 Å². The van der Waals surface area contributed by atoms with Crippen molar-refractivity contribution in [2.75, 3.05) is 18.5 Å². The fourth-order valence-corrected chi connectivity index (χ4v) is 1.97. The summed E-state index contributed by atoms with van der Waals surface area (Å²) in [7, 11) is 0. The number of carbonyl (C=O) groups excluding carboxylic acids is 1. The van der Waals surface area contributed by atoms with Gasteiger partial charge in [-0.2, -0.15) is 0 Å². The molecule has 0 radical (unpaired) electrons. The lowest BCUT2D eigenvalue weighted by atomic mass is 9.98. The second-order valence-corrected chi connectivity index (χ2v) is 4.72. The first kappa shape index (κ1) is 13.0. The number of alkyl halides is 1. The van der Waals surface area contributed by atoms with Crippen LogP contribution in [0.25, 0.3) is 0 Å². The van der Waals surface area contributed by atoms with Crippen molar-refractivity contribution in [2.45, 2.75) is 44.6 Å². The molecule has 1 rings (SSSR count). The predicted molar refractivity (Wildman–Crippen MR) is 62.2 cm³/mol. The molecule has 4 heteroatoms. The predicted octanol–water partition coefficient (Wildman–Crippen LogP) is 2.66. The zero-order chi connectivity index (χ0) is 11.1. The fraction of sp³-hybridized carbons (Fsp3) is 0.909. The van der Waals surface area contributed by atoms with Crippen LogP contribution in [-0.4, -0.2) is 30.1 Å². The number of rotatable bonds is 8. The van der Waals surface area contributed by atoms with Crippen LogP contribution in [0.5, 0.6) is 0 Å². The van der Waals surface area contributed by atoms with E-state index >= 15 is 0 Å². The molecule has 1 saturated heterocycles. The molecule has 1 aliphatic rings. The van der Waals surface area contributed by atoms with Gasteiger partial charge < -0.3 is 9.47 Å². The molecule has 0 saturated carbocycles. The number of hydrogen-bond donors (Lipinski definition) is 0. The topological polar surface area (TPSA) is 38.8 Å². The van der Waals surface area contributed by atoms with E-state index in [4.69, 9.17) is 9.47 Å². The van der Waals surface area contributed by atoms with Crippen LogP contribution in [0.1, 0.15) is 39.0 Å². The Morgan fingerprint density at radius 2 is 2.13 bits per heavy atom. The summed E-state index contributed by atoms with van der Waals surface area (Å²) in [4.78, 5) is 11.1. The number of halogens is 1. The Bertz CT molecular complexity index is 202. The van der Waals surface area contributed by atoms with E-state index in [0.29, 0.717) is 13.0 Å². The Balaban J connectivity index is 2.06. The summed E-state index contributed by atoms with van der Waals surface area (Å²) < 4.78 is 10.3. The third kappa shape index (κ3) is 4.98. The molecular formula is C11H19BrO3. The van der Waals surface area contributed by atoms with Crippen molar-refractivity contribution in [1.29, 1.82) is 0 Å². The average molecular weight is 279 g/mol. The molecule has 1 heterocycles. The quantitative estimate of drug-likeness (QED) is 0.389. The minimum Gasteiger partial charge on any atom is -0.466 e. The molecule has 1 fully saturated rings. The van der Waals surface area contributed by atoms with Gasteiger partial charge in [-0.3, -0.25) is 4.79 Å². The summed E-state index contributed by atoms with van der Waals surface area (Å²) in [5, 5.41) is 1.02. The van der Waals surface area contributed by atoms with Crippen LogP contribution in [0.3, 0.4) is 0 Å². The Morgan fingerprint density at radius 3 is 2.67 bits per heavy atom. The smallest absolute Gasteiger partial charge is 0.305 e. The minimum absolute atomic E-state index is 0.0891. The van der Waals surface area contributed by atoms with Crippen LogP contribution in [0, 0.1) is 0 Å². The Morgan fingerprint density at radius 1 is 1.47 bits per heavy atom. The number of carbonyl (C=O) groups is 1. The fourth-order valence-electron chi connectivity index (χ4n) is 1.69. The highest BCUT2D eigenvalue weighted by Gasteiger charge is 2.42. The minimum atomic E-state index is -0.0891. The molecule has 3 nitrogen and oxygen atoms in total. The van der Waals surface area contributed by atoms with Gasteiger partial charge in [-0.1, -0.05) is 15.9 Å². The van der Waals surface area contributed by atoms with E-state index in [-0.39, 0.29) is 11.6 Å². The summed E-state index contributed by atoms with van der Waals surface area (Å²) in [6.07, 6.45) is 4.62. The van der Waals surface area contributed by atoms with Crippen molar-refractivity contribution in [3.05, 3.63) is 0 Å². The van der Waals surface area contributed by atoms with E-state index in [1.165, 1.54) is 0 Å². The molecule has 0 spiro atoms. The zero-order valence-corrected chi connectivity index (χ0v) is 10.8. The summed E-state index contributed by atoms with van der Waals surface area (Å²) in [5.41, 5.74) is 0.0975. The molecule has 0 bridgehead atoms. The number of epoxide rings is 1. The van der Waals surface area contributed by atoms with Crippen LogP contribution in [0.2, 0.25) is 0 Å². The molecule has 0 aliphatic carbocycles. The highest BCUT2D eigenvalue weighted by Crippen LogP contribution is 2.37. The number of esters is 1. The van der Waals surface area contributed by atoms with E-state index in [2.05, 4.69) is 15.9 Å². The first-order valence-corrected chi connectivity index (χ1v) is 6.70. The third-order valence-electron chi connectivity index (χ3n) is 2.64. The molecule has 1 unspecified atom stereocenters. The van der Waals surface area contributed by atoms with Crippen LogP contribution < -0.4 is 0 Å². The lowest BCUT2D eigenvalue weighted by molar-refractivity contribution is -0.143. The Labute approximate surface area is 99.6 Å². The van der Waals surface area contributed by atoms with Gasteiger partial charge in [0.1, 0.15) is 0 Å². The number of ether oxygens (including phenoxy) is 2. The molecule has 0 amide bonds. The van der Waals surface area contributed by atoms with Gasteiger partial charge >= 0.3 is 5.97 Å². The van der Waals surface area contributed by atoms with E-state index in [1.54, 1.807) is 0 Å². The maximum atomic E-state index is 11.1. The highest BCUT2D eigenvalue weighted by atomic mass is 79.9. The molecule has 0 aromatic rings. The second-order valence-electron chi connectivity index (χ2n) is 3.92. The number of hydrogen-bond acceptors (Lipinski definition) is 3. The molecule has 1 aliphatic heterocycles. The van der Waals surface area contributed by atoms with Gasteiger partial charge in [0.15, 0.2) is 0 Å². The molecule has 0 aromatic carbocycles. The van der Waals surface area contributed by atoms with Gasteiger partial charge in [-0.15, -0.1) is 0 Å². The monoisotopic (exact) mass is 278 g/mol. The summed E-state index contributed by atoms with van der Waals surface area (Å²) in [5.74, 6) is -0.0891. The van der Waals surface area contributed by atoms with Gasteiger partial charge in [0.25, 0.3) is 0 Å². The summed E-state index contributed by atoms with van der Waals surface area (Å²) in [6.45, 7) is 3.17. The standard InChI is InChI=1S/C11H19BrO3/c1-2-14-10(13)5-3-6-11(9-15-11)7-4-8-12/h2-9H2,1H3. The van der Waals surface area contributed by atoms with Gasteiger partial charge in [0.2, 0.25) is 0 Å². The van der Waals surface area contributed by atoms with Crippen LogP contribution in [0.15, 0.2) is 0 Å². The molecule has 15 heavy (non-hydrogen) atoms. The van der Waals surface area contributed by atoms with E-state index in [9.17, 15) is 4.79 Å². The molecular weight excluding hydrogens is 260 g/mol. The summed E-state index contributed by atoms with van der Waals surface area (Å²) in [6, 6.07) is 0. The third-order valence-corrected chi connectivity index (χ3v) is 3.20. The molecule has 88 valence electrons. The molecule has 0 aromatic heterocycles. The van der Waals surface area contributed by atoms with E-state index in [1.807, 2.05) is 6.92 Å². The Kier molecular flexibility index (Phi) is 5.61. The largest absolute Gasteiger partial charge is 0.466 e. The van der Waals surface area contributed by atoms with Crippen LogP contribution in [0.4, 0.5) is 0 Å². The average Bonchev–Trinajstić information content (AvgIpc) is 2.96. The molecule has 0 N–H and O–H groups in total. The van der Waals surface area contributed by atoms with Crippen molar-refractivity contribution in [2.24, 2.45) is 0 Å². The van der Waals surface area contributed by atoms with Crippen LogP contribution in [-0.2, 0) is 14.3 Å². The SMILES string of the molecule is CCOC(=O)CCCC1(CCCBr)CO1. The maximum Gasteiger partial charge on any atom is 0.305 e. The molecule has 1 atom stereocenters. The lowest BCUT2D eigenvalue weighted by Gasteiger charge is -2.10. The highest BCUT2D eigenvalue weighted by molar-refractivity contribution is 9.09. The van der Waals surface area contributed by atoms with Crippen molar-refractivity contribution in [3.8, 4) is 0 Å². The normalized spacial score (nSPS) is 23.9. The maximum absolute atomic E-state index is 11.1. The van der Waals surface area contributed by atoms with Gasteiger partial charge in [0, 0.05) is 11.8 Å². The summed E-state index contributed by atoms with van der Waals surface area (Å²) >= 11 is 3.41. The van der Waals surface area contributed by atoms with Crippen LogP contribution >= 0.6 is 15.9 Å². The van der Waals surface area contributed by atoms with Gasteiger partial charge in [-0.05, 0) is 32.6 Å². The van der Waals surface area contributed by atoms with Crippen molar-refractivity contribution >= 4 is 21.9 Å². The second kappa shape index (κ2) is 6.48.